The van der Waals surface area contributed by atoms with E-state index in [2.05, 4.69) is 25.8 Å². The number of halogens is 4. The van der Waals surface area contributed by atoms with Gasteiger partial charge in [0.25, 0.3) is 0 Å². The maximum Gasteiger partial charge on any atom is 0.416 e. The molecule has 0 saturated carbocycles. The Morgan fingerprint density at radius 3 is 2.68 bits per heavy atom. The number of ether oxygens (including phenoxy) is 1. The first-order chi connectivity index (χ1) is 14.4. The van der Waals surface area contributed by atoms with Crippen LogP contribution in [0.4, 0.5) is 13.2 Å². The molecule has 0 aliphatic rings. The number of hydrogen-bond donors (Lipinski definition) is 2. The highest BCUT2D eigenvalue weighted by Gasteiger charge is 2.30. The largest absolute Gasteiger partial charge is 0.489 e. The van der Waals surface area contributed by atoms with Crippen LogP contribution in [-0.4, -0.2) is 40.3 Å². The summed E-state index contributed by atoms with van der Waals surface area (Å²) in [5.74, 6) is 1.42. The van der Waals surface area contributed by atoms with E-state index < -0.39 is 11.7 Å². The fourth-order valence-electron chi connectivity index (χ4n) is 2.81. The van der Waals surface area contributed by atoms with Gasteiger partial charge in [-0.25, -0.2) is 0 Å². The predicted molar refractivity (Wildman–Crippen MR) is 123 cm³/mol. The first-order valence-electron chi connectivity index (χ1n) is 9.47. The van der Waals surface area contributed by atoms with Crippen molar-refractivity contribution >= 4 is 35.6 Å². The van der Waals surface area contributed by atoms with E-state index in [9.17, 15) is 13.2 Å². The van der Waals surface area contributed by atoms with Gasteiger partial charge in [0.1, 0.15) is 11.9 Å². The minimum absolute atomic E-state index is 0. The number of alkyl halides is 3. The Hall–Kier alpha value is -2.57. The van der Waals surface area contributed by atoms with Crippen molar-refractivity contribution in [2.45, 2.75) is 32.2 Å². The van der Waals surface area contributed by atoms with E-state index in [1.807, 2.05) is 35.7 Å². The van der Waals surface area contributed by atoms with Crippen LogP contribution in [0.3, 0.4) is 0 Å². The molecule has 0 aliphatic heterocycles. The Kier molecular flexibility index (Phi) is 8.89. The van der Waals surface area contributed by atoms with Crippen LogP contribution in [-0.2, 0) is 12.7 Å². The molecule has 31 heavy (non-hydrogen) atoms. The van der Waals surface area contributed by atoms with Crippen molar-refractivity contribution in [1.29, 1.82) is 0 Å². The summed E-state index contributed by atoms with van der Waals surface area (Å²) in [5, 5.41) is 14.5. The molecule has 0 radical (unpaired) electrons. The minimum atomic E-state index is -4.41. The molecular weight excluding hydrogens is 524 g/mol. The van der Waals surface area contributed by atoms with Crippen molar-refractivity contribution in [2.24, 2.45) is 4.99 Å². The van der Waals surface area contributed by atoms with E-state index in [1.165, 1.54) is 12.1 Å². The van der Waals surface area contributed by atoms with Gasteiger partial charge in [-0.2, -0.15) is 13.2 Å². The number of nitrogens with zero attached hydrogens (tertiary/aromatic N) is 4. The van der Waals surface area contributed by atoms with E-state index in [4.69, 9.17) is 4.74 Å². The average molecular weight is 548 g/mol. The van der Waals surface area contributed by atoms with Crippen LogP contribution in [0.1, 0.15) is 24.7 Å². The summed E-state index contributed by atoms with van der Waals surface area (Å²) in [6.07, 6.45) is -2.26. The Bertz CT molecular complexity index is 1010. The molecule has 0 spiro atoms. The standard InChI is InChI=1S/C20H23F3N6O.HI/c1-3-15(30-16-8-6-7-14(11-16)20(21,22)23)12-25-19(24-2)26-13-18-28-27-17-9-4-5-10-29(17)18;/h4-11,15H,3,12-13H2,1-2H3,(H2,24,25,26);1H. The molecule has 0 amide bonds. The Morgan fingerprint density at radius 2 is 1.97 bits per heavy atom. The number of rotatable bonds is 7. The smallest absolute Gasteiger partial charge is 0.416 e. The van der Waals surface area contributed by atoms with E-state index in [0.29, 0.717) is 25.5 Å². The monoisotopic (exact) mass is 548 g/mol. The highest BCUT2D eigenvalue weighted by Crippen LogP contribution is 2.31. The van der Waals surface area contributed by atoms with Gasteiger partial charge in [0, 0.05) is 13.2 Å². The molecule has 3 aromatic rings. The number of aliphatic imine (C=N–C) groups is 1. The number of guanidine groups is 1. The number of pyridine rings is 1. The number of hydrogen-bond acceptors (Lipinski definition) is 4. The lowest BCUT2D eigenvalue weighted by Gasteiger charge is -2.20. The number of nitrogens with one attached hydrogen (secondary N) is 2. The lowest BCUT2D eigenvalue weighted by Crippen LogP contribution is -2.42. The second kappa shape index (κ2) is 11.2. The average Bonchev–Trinajstić information content (AvgIpc) is 3.15. The lowest BCUT2D eigenvalue weighted by atomic mass is 10.2. The molecule has 168 valence electrons. The van der Waals surface area contributed by atoms with E-state index in [0.717, 1.165) is 23.6 Å². The highest BCUT2D eigenvalue weighted by atomic mass is 127. The second-order valence-electron chi connectivity index (χ2n) is 6.53. The molecule has 0 aliphatic carbocycles. The van der Waals surface area contributed by atoms with Crippen molar-refractivity contribution < 1.29 is 17.9 Å². The van der Waals surface area contributed by atoms with Gasteiger partial charge in [-0.15, -0.1) is 34.2 Å². The first kappa shape index (κ1) is 24.7. The van der Waals surface area contributed by atoms with Gasteiger partial charge in [0.05, 0.1) is 18.7 Å². The van der Waals surface area contributed by atoms with E-state index in [1.54, 1.807) is 7.05 Å². The van der Waals surface area contributed by atoms with Crippen LogP contribution in [0, 0.1) is 0 Å². The molecule has 0 fully saturated rings. The third-order valence-corrected chi connectivity index (χ3v) is 4.44. The molecule has 3 rings (SSSR count). The lowest BCUT2D eigenvalue weighted by molar-refractivity contribution is -0.137. The van der Waals surface area contributed by atoms with Crippen LogP contribution in [0.5, 0.6) is 5.75 Å². The topological polar surface area (TPSA) is 75.8 Å². The molecular formula is C20H24F3IN6O. The fraction of sp³-hybridized carbons (Fsp3) is 0.350. The Morgan fingerprint density at radius 1 is 1.16 bits per heavy atom. The number of fused-ring (bicyclic) bond motifs is 1. The molecule has 0 bridgehead atoms. The van der Waals surface area contributed by atoms with E-state index in [-0.39, 0.29) is 35.8 Å². The van der Waals surface area contributed by atoms with Gasteiger partial charge in [0.15, 0.2) is 17.4 Å². The number of benzene rings is 1. The van der Waals surface area contributed by atoms with Gasteiger partial charge in [-0.3, -0.25) is 9.39 Å². The summed E-state index contributed by atoms with van der Waals surface area (Å²) in [5.41, 5.74) is 0.0126. The Balaban J connectivity index is 0.00000341. The quantitative estimate of drug-likeness (QED) is 0.266. The van der Waals surface area contributed by atoms with Gasteiger partial charge in [0.2, 0.25) is 0 Å². The Labute approximate surface area is 195 Å². The molecule has 1 unspecified atom stereocenters. The molecule has 11 heteroatoms. The minimum Gasteiger partial charge on any atom is -0.489 e. The van der Waals surface area contributed by atoms with Gasteiger partial charge in [-0.05, 0) is 36.8 Å². The summed E-state index contributed by atoms with van der Waals surface area (Å²) in [6.45, 7) is 2.67. The second-order valence-corrected chi connectivity index (χ2v) is 6.53. The fourth-order valence-corrected chi connectivity index (χ4v) is 2.81. The van der Waals surface area contributed by atoms with E-state index >= 15 is 0 Å². The van der Waals surface area contributed by atoms with Crippen molar-refractivity contribution in [2.75, 3.05) is 13.6 Å². The zero-order valence-electron chi connectivity index (χ0n) is 17.1. The summed E-state index contributed by atoms with van der Waals surface area (Å²) in [6, 6.07) is 10.5. The molecule has 2 N–H and O–H groups in total. The zero-order valence-corrected chi connectivity index (χ0v) is 19.4. The van der Waals surface area contributed by atoms with Crippen LogP contribution in [0.15, 0.2) is 53.7 Å². The van der Waals surface area contributed by atoms with Crippen molar-refractivity contribution in [3.63, 3.8) is 0 Å². The van der Waals surface area contributed by atoms with Crippen LogP contribution in [0.2, 0.25) is 0 Å². The number of aromatic nitrogens is 3. The predicted octanol–water partition coefficient (Wildman–Crippen LogP) is 3.89. The van der Waals surface area contributed by atoms with Crippen LogP contribution < -0.4 is 15.4 Å². The maximum atomic E-state index is 12.9. The summed E-state index contributed by atoms with van der Waals surface area (Å²) < 4.78 is 46.2. The SMILES string of the molecule is CCC(CNC(=NC)NCc1nnc2ccccn12)Oc1cccc(C(F)(F)F)c1.I. The van der Waals surface area contributed by atoms with Gasteiger partial charge < -0.3 is 15.4 Å². The molecule has 0 saturated heterocycles. The highest BCUT2D eigenvalue weighted by molar-refractivity contribution is 14.0. The van der Waals surface area contributed by atoms with Crippen molar-refractivity contribution in [1.82, 2.24) is 25.2 Å². The van der Waals surface area contributed by atoms with Crippen LogP contribution >= 0.6 is 24.0 Å². The van der Waals surface area contributed by atoms with Gasteiger partial charge >= 0.3 is 6.18 Å². The molecule has 2 aromatic heterocycles. The normalized spacial score (nSPS) is 12.9. The third kappa shape index (κ3) is 6.71. The third-order valence-electron chi connectivity index (χ3n) is 4.44. The molecule has 7 nitrogen and oxygen atoms in total. The summed E-state index contributed by atoms with van der Waals surface area (Å²) in [7, 11) is 1.63. The van der Waals surface area contributed by atoms with Crippen LogP contribution in [0.25, 0.3) is 5.65 Å². The summed E-state index contributed by atoms with van der Waals surface area (Å²) in [4.78, 5) is 4.16. The molecule has 1 atom stereocenters. The maximum absolute atomic E-state index is 12.9. The first-order valence-corrected chi connectivity index (χ1v) is 9.47. The summed E-state index contributed by atoms with van der Waals surface area (Å²) >= 11 is 0. The van der Waals surface area contributed by atoms with Gasteiger partial charge in [-0.1, -0.05) is 19.1 Å². The molecule has 2 heterocycles. The zero-order chi connectivity index (χ0) is 21.6. The van der Waals surface area contributed by atoms with Crippen molar-refractivity contribution in [3.8, 4) is 5.75 Å². The van der Waals surface area contributed by atoms with Crippen molar-refractivity contribution in [3.05, 3.63) is 60.0 Å². The molecule has 1 aromatic carbocycles.